The van der Waals surface area contributed by atoms with Crippen molar-refractivity contribution in [1.82, 2.24) is 0 Å². The van der Waals surface area contributed by atoms with Crippen LogP contribution in [0.5, 0.6) is 0 Å². The highest BCUT2D eigenvalue weighted by molar-refractivity contribution is 4.94. The third-order valence-electron chi connectivity index (χ3n) is 7.69. The minimum absolute atomic E-state index is 0.474. The largest absolute Gasteiger partial charge is 0.375 e. The predicted octanol–water partition coefficient (Wildman–Crippen LogP) is 6.99. The van der Waals surface area contributed by atoms with Gasteiger partial charge in [-0.1, -0.05) is 46.0 Å². The number of hydrogen-bond acceptors (Lipinski definition) is 1. The van der Waals surface area contributed by atoms with Crippen molar-refractivity contribution in [2.24, 2.45) is 29.6 Å². The van der Waals surface area contributed by atoms with Crippen LogP contribution >= 0.6 is 0 Å². The van der Waals surface area contributed by atoms with Crippen LogP contribution < -0.4 is 0 Å². The summed E-state index contributed by atoms with van der Waals surface area (Å²) < 4.78 is 6.38. The molecule has 3 aliphatic rings. The zero-order valence-electron chi connectivity index (χ0n) is 16.6. The van der Waals surface area contributed by atoms with Gasteiger partial charge in [0, 0.05) is 0 Å². The van der Waals surface area contributed by atoms with Crippen molar-refractivity contribution in [3.8, 4) is 0 Å². The van der Waals surface area contributed by atoms with Gasteiger partial charge in [0.25, 0.3) is 0 Å². The van der Waals surface area contributed by atoms with Crippen molar-refractivity contribution in [2.75, 3.05) is 0 Å². The summed E-state index contributed by atoms with van der Waals surface area (Å²) in [5.41, 5.74) is 0. The molecule has 0 aromatic rings. The van der Waals surface area contributed by atoms with Crippen molar-refractivity contribution in [3.63, 3.8) is 0 Å². The highest BCUT2D eigenvalue weighted by Crippen LogP contribution is 2.53. The van der Waals surface area contributed by atoms with Crippen LogP contribution in [0.4, 0.5) is 0 Å². The third kappa shape index (κ3) is 4.57. The molecule has 0 bridgehead atoms. The van der Waals surface area contributed by atoms with Crippen LogP contribution in [0.2, 0.25) is 0 Å². The van der Waals surface area contributed by atoms with Gasteiger partial charge in [-0.3, -0.25) is 0 Å². The quantitative estimate of drug-likeness (QED) is 0.487. The number of fused-ring (bicyclic) bond motifs is 3. The number of hydrogen-bond donors (Lipinski definition) is 0. The first-order valence-electron chi connectivity index (χ1n) is 11.4. The molecule has 3 aliphatic carbocycles. The van der Waals surface area contributed by atoms with Gasteiger partial charge >= 0.3 is 0 Å². The molecule has 140 valence electrons. The second-order valence-electron chi connectivity index (χ2n) is 9.42. The van der Waals surface area contributed by atoms with E-state index in [1.165, 1.54) is 70.6 Å². The maximum Gasteiger partial charge on any atom is 0.0581 e. The summed E-state index contributed by atoms with van der Waals surface area (Å²) in [6.45, 7) is 6.90. The molecule has 0 N–H and O–H groups in total. The first kappa shape index (κ1) is 18.7. The van der Waals surface area contributed by atoms with Crippen molar-refractivity contribution < 1.29 is 4.74 Å². The van der Waals surface area contributed by atoms with Gasteiger partial charge in [-0.25, -0.2) is 0 Å². The van der Waals surface area contributed by atoms with Crippen molar-refractivity contribution in [1.29, 1.82) is 0 Å². The number of rotatable bonds is 7. The van der Waals surface area contributed by atoms with Gasteiger partial charge in [0.1, 0.15) is 0 Å². The number of ether oxygens (including phenoxy) is 1. The molecular formula is C23H42O. The average Bonchev–Trinajstić information content (AvgIpc) is 2.59. The van der Waals surface area contributed by atoms with Gasteiger partial charge in [-0.2, -0.15) is 0 Å². The highest BCUT2D eigenvalue weighted by atomic mass is 16.5. The van der Waals surface area contributed by atoms with E-state index in [4.69, 9.17) is 4.74 Å². The second-order valence-corrected chi connectivity index (χ2v) is 9.42. The van der Waals surface area contributed by atoms with E-state index in [-0.39, 0.29) is 0 Å². The lowest BCUT2D eigenvalue weighted by Crippen LogP contribution is -2.43. The average molecular weight is 335 g/mol. The zero-order valence-corrected chi connectivity index (χ0v) is 16.6. The fourth-order valence-corrected chi connectivity index (χ4v) is 6.53. The van der Waals surface area contributed by atoms with Gasteiger partial charge < -0.3 is 4.74 Å². The fourth-order valence-electron chi connectivity index (χ4n) is 6.53. The molecule has 0 saturated heterocycles. The lowest BCUT2D eigenvalue weighted by atomic mass is 9.56. The Labute approximate surface area is 151 Å². The Hall–Kier alpha value is -0.0400. The van der Waals surface area contributed by atoms with Crippen LogP contribution in [0.3, 0.4) is 0 Å². The standard InChI is InChI=1S/C23H42O/c1-4-6-8-18-9-13-22-19(15-18)10-11-20-16-21(12-14-23(20)22)24-17(3)7-5-2/h17-23H,4-16H2,1-3H3. The van der Waals surface area contributed by atoms with Crippen LogP contribution in [0.25, 0.3) is 0 Å². The molecule has 1 nitrogen and oxygen atoms in total. The Kier molecular flexibility index (Phi) is 7.07. The number of unbranched alkanes of at least 4 members (excludes halogenated alkanes) is 1. The Balaban J connectivity index is 1.49. The van der Waals surface area contributed by atoms with Crippen molar-refractivity contribution >= 4 is 0 Å². The van der Waals surface area contributed by atoms with Crippen LogP contribution in [-0.2, 0) is 4.74 Å². The summed E-state index contributed by atoms with van der Waals surface area (Å²) in [6.07, 6.45) is 19.8. The first-order valence-corrected chi connectivity index (χ1v) is 11.4. The van der Waals surface area contributed by atoms with Crippen LogP contribution in [-0.4, -0.2) is 12.2 Å². The molecule has 0 aromatic heterocycles. The van der Waals surface area contributed by atoms with Gasteiger partial charge in [0.15, 0.2) is 0 Å². The molecule has 7 atom stereocenters. The molecule has 0 amide bonds. The summed E-state index contributed by atoms with van der Waals surface area (Å²) in [6, 6.07) is 0. The van der Waals surface area contributed by atoms with E-state index in [1.807, 2.05) is 0 Å². The normalized spacial score (nSPS) is 40.6. The zero-order chi connectivity index (χ0) is 16.9. The molecule has 3 fully saturated rings. The maximum atomic E-state index is 6.38. The molecule has 0 aliphatic heterocycles. The molecule has 0 spiro atoms. The molecule has 3 rings (SSSR count). The predicted molar refractivity (Wildman–Crippen MR) is 103 cm³/mol. The maximum absolute atomic E-state index is 6.38. The minimum atomic E-state index is 0.474. The second kappa shape index (κ2) is 9.06. The minimum Gasteiger partial charge on any atom is -0.375 e. The third-order valence-corrected chi connectivity index (χ3v) is 7.69. The van der Waals surface area contributed by atoms with Gasteiger partial charge in [0.2, 0.25) is 0 Å². The van der Waals surface area contributed by atoms with Crippen LogP contribution in [0.15, 0.2) is 0 Å². The van der Waals surface area contributed by atoms with E-state index in [9.17, 15) is 0 Å². The molecule has 3 saturated carbocycles. The molecule has 7 unspecified atom stereocenters. The highest BCUT2D eigenvalue weighted by Gasteiger charge is 2.44. The van der Waals surface area contributed by atoms with Gasteiger partial charge in [-0.05, 0) is 87.9 Å². The van der Waals surface area contributed by atoms with Gasteiger partial charge in [-0.15, -0.1) is 0 Å². The topological polar surface area (TPSA) is 9.23 Å². The van der Waals surface area contributed by atoms with Crippen molar-refractivity contribution in [3.05, 3.63) is 0 Å². The van der Waals surface area contributed by atoms with E-state index in [1.54, 1.807) is 12.8 Å². The summed E-state index contributed by atoms with van der Waals surface area (Å²) >= 11 is 0. The Morgan fingerprint density at radius 1 is 0.833 bits per heavy atom. The van der Waals surface area contributed by atoms with Gasteiger partial charge in [0.05, 0.1) is 12.2 Å². The molecule has 0 heterocycles. The van der Waals surface area contributed by atoms with E-state index in [0.717, 1.165) is 29.6 Å². The lowest BCUT2D eigenvalue weighted by molar-refractivity contribution is -0.0771. The molecule has 0 aromatic carbocycles. The molecule has 24 heavy (non-hydrogen) atoms. The smallest absolute Gasteiger partial charge is 0.0581 e. The first-order chi connectivity index (χ1) is 11.7. The SMILES string of the molecule is CCCCC1CCC2C(CCC3CC(OC(C)CCC)CCC32)C1. The van der Waals surface area contributed by atoms with Crippen molar-refractivity contribution in [2.45, 2.75) is 116 Å². The van der Waals surface area contributed by atoms with E-state index < -0.39 is 0 Å². The summed E-state index contributed by atoms with van der Waals surface area (Å²) in [5, 5.41) is 0. The molecule has 0 radical (unpaired) electrons. The summed E-state index contributed by atoms with van der Waals surface area (Å²) in [5.74, 6) is 5.27. The molecule has 1 heteroatoms. The lowest BCUT2D eigenvalue weighted by Gasteiger charge is -2.51. The summed E-state index contributed by atoms with van der Waals surface area (Å²) in [4.78, 5) is 0. The van der Waals surface area contributed by atoms with E-state index in [0.29, 0.717) is 12.2 Å². The van der Waals surface area contributed by atoms with Crippen LogP contribution in [0.1, 0.15) is 104 Å². The Bertz CT molecular complexity index is 365. The Morgan fingerprint density at radius 2 is 1.54 bits per heavy atom. The van der Waals surface area contributed by atoms with E-state index >= 15 is 0 Å². The Morgan fingerprint density at radius 3 is 2.25 bits per heavy atom. The summed E-state index contributed by atoms with van der Waals surface area (Å²) in [7, 11) is 0. The monoisotopic (exact) mass is 334 g/mol. The fraction of sp³-hybridized carbons (Fsp3) is 1.00. The molecular weight excluding hydrogens is 292 g/mol. The van der Waals surface area contributed by atoms with E-state index in [2.05, 4.69) is 20.8 Å². The van der Waals surface area contributed by atoms with Crippen LogP contribution in [0, 0.1) is 29.6 Å².